The van der Waals surface area contributed by atoms with Crippen molar-refractivity contribution in [2.24, 2.45) is 0 Å². The zero-order valence-corrected chi connectivity index (χ0v) is 15.7. The maximum atomic E-state index is 4.61. The van der Waals surface area contributed by atoms with Crippen LogP contribution in [0.2, 0.25) is 0 Å². The summed E-state index contributed by atoms with van der Waals surface area (Å²) in [5, 5.41) is 3.37. The van der Waals surface area contributed by atoms with Gasteiger partial charge < -0.3 is 10.2 Å². The number of aromatic nitrogens is 3. The smallest absolute Gasteiger partial charge is 0.223 e. The molecule has 0 bridgehead atoms. The number of benzene rings is 1. The lowest BCUT2D eigenvalue weighted by molar-refractivity contribution is 0.347. The number of nitrogens with zero attached hydrogens (tertiary/aromatic N) is 4. The van der Waals surface area contributed by atoms with Gasteiger partial charge >= 0.3 is 0 Å². The Kier molecular flexibility index (Phi) is 5.39. The van der Waals surface area contributed by atoms with Crippen molar-refractivity contribution in [3.05, 3.63) is 72.2 Å². The molecule has 3 heterocycles. The van der Waals surface area contributed by atoms with Crippen LogP contribution in [0.4, 0.5) is 5.95 Å². The van der Waals surface area contributed by atoms with Crippen molar-refractivity contribution in [2.45, 2.75) is 19.3 Å². The standard InChI is InChI=1S/C22H25N5/c1-17-4-2-3-5-20(17)19-9-14-27(16-19)15-13-25-22-24-12-8-21(26-22)18-6-10-23-11-7-18/h2-8,10-12,19H,9,13-16H2,1H3,(H,24,25,26)/t19-/m0/s1. The van der Waals surface area contributed by atoms with E-state index in [1.807, 2.05) is 18.2 Å². The second kappa shape index (κ2) is 8.27. The molecular weight excluding hydrogens is 334 g/mol. The summed E-state index contributed by atoms with van der Waals surface area (Å²) in [6, 6.07) is 14.6. The van der Waals surface area contributed by atoms with Gasteiger partial charge in [-0.2, -0.15) is 0 Å². The lowest BCUT2D eigenvalue weighted by Crippen LogP contribution is -2.27. The van der Waals surface area contributed by atoms with Gasteiger partial charge in [0.15, 0.2) is 0 Å². The van der Waals surface area contributed by atoms with Crippen LogP contribution in [0.25, 0.3) is 11.3 Å². The van der Waals surface area contributed by atoms with Gasteiger partial charge in [0.05, 0.1) is 5.69 Å². The molecule has 2 aromatic heterocycles. The molecule has 1 aliphatic heterocycles. The highest BCUT2D eigenvalue weighted by atomic mass is 15.2. The molecule has 0 radical (unpaired) electrons. The number of hydrogen-bond acceptors (Lipinski definition) is 5. The normalized spacial score (nSPS) is 17.1. The average Bonchev–Trinajstić information content (AvgIpc) is 3.18. The second-order valence-electron chi connectivity index (χ2n) is 7.07. The number of nitrogens with one attached hydrogen (secondary N) is 1. The minimum atomic E-state index is 0.650. The number of anilines is 1. The fraction of sp³-hybridized carbons (Fsp3) is 0.318. The van der Waals surface area contributed by atoms with Crippen LogP contribution in [-0.4, -0.2) is 46.0 Å². The SMILES string of the molecule is Cc1ccccc1[C@H]1CCN(CCNc2nccc(-c3ccncc3)n2)C1. The van der Waals surface area contributed by atoms with Crippen molar-refractivity contribution in [3.63, 3.8) is 0 Å². The first-order chi connectivity index (χ1) is 13.3. The maximum absolute atomic E-state index is 4.61. The molecule has 1 fully saturated rings. The van der Waals surface area contributed by atoms with Crippen LogP contribution in [0.15, 0.2) is 61.1 Å². The highest BCUT2D eigenvalue weighted by Crippen LogP contribution is 2.29. The predicted molar refractivity (Wildman–Crippen MR) is 109 cm³/mol. The van der Waals surface area contributed by atoms with E-state index < -0.39 is 0 Å². The second-order valence-corrected chi connectivity index (χ2v) is 7.07. The van der Waals surface area contributed by atoms with E-state index in [9.17, 15) is 0 Å². The van der Waals surface area contributed by atoms with E-state index in [1.165, 1.54) is 17.5 Å². The lowest BCUT2D eigenvalue weighted by atomic mass is 9.94. The van der Waals surface area contributed by atoms with E-state index >= 15 is 0 Å². The van der Waals surface area contributed by atoms with E-state index in [-0.39, 0.29) is 0 Å². The van der Waals surface area contributed by atoms with Gasteiger partial charge in [0.25, 0.3) is 0 Å². The molecule has 0 spiro atoms. The van der Waals surface area contributed by atoms with Gasteiger partial charge in [-0.05, 0) is 55.1 Å². The Labute approximate surface area is 160 Å². The molecule has 0 aliphatic carbocycles. The molecule has 0 unspecified atom stereocenters. The van der Waals surface area contributed by atoms with Gasteiger partial charge in [0, 0.05) is 43.8 Å². The van der Waals surface area contributed by atoms with Gasteiger partial charge in [0.1, 0.15) is 0 Å². The van der Waals surface area contributed by atoms with Crippen LogP contribution in [0.3, 0.4) is 0 Å². The Morgan fingerprint density at radius 2 is 1.93 bits per heavy atom. The maximum Gasteiger partial charge on any atom is 0.223 e. The lowest BCUT2D eigenvalue weighted by Gasteiger charge is -2.17. The highest BCUT2D eigenvalue weighted by molar-refractivity contribution is 5.58. The van der Waals surface area contributed by atoms with Crippen molar-refractivity contribution in [3.8, 4) is 11.3 Å². The van der Waals surface area contributed by atoms with Crippen LogP contribution in [0, 0.1) is 6.92 Å². The molecule has 1 atom stereocenters. The third-order valence-corrected chi connectivity index (χ3v) is 5.24. The molecule has 27 heavy (non-hydrogen) atoms. The molecule has 5 nitrogen and oxygen atoms in total. The van der Waals surface area contributed by atoms with Crippen molar-refractivity contribution in [1.82, 2.24) is 19.9 Å². The molecule has 4 rings (SSSR count). The van der Waals surface area contributed by atoms with Crippen LogP contribution in [0.5, 0.6) is 0 Å². The molecular formula is C22H25N5. The van der Waals surface area contributed by atoms with E-state index in [4.69, 9.17) is 0 Å². The van der Waals surface area contributed by atoms with Gasteiger partial charge in [-0.3, -0.25) is 4.98 Å². The largest absolute Gasteiger partial charge is 0.353 e. The van der Waals surface area contributed by atoms with E-state index in [0.29, 0.717) is 11.9 Å². The van der Waals surface area contributed by atoms with Gasteiger partial charge in [-0.1, -0.05) is 24.3 Å². The Bertz CT molecular complexity index is 881. The molecule has 1 N–H and O–H groups in total. The van der Waals surface area contributed by atoms with Crippen molar-refractivity contribution in [2.75, 3.05) is 31.5 Å². The Morgan fingerprint density at radius 1 is 1.07 bits per heavy atom. The van der Waals surface area contributed by atoms with Crippen molar-refractivity contribution >= 4 is 5.95 Å². The topological polar surface area (TPSA) is 53.9 Å². The van der Waals surface area contributed by atoms with E-state index in [1.54, 1.807) is 18.6 Å². The predicted octanol–water partition coefficient (Wildman–Crippen LogP) is 3.75. The molecule has 1 saturated heterocycles. The van der Waals surface area contributed by atoms with Crippen LogP contribution in [0.1, 0.15) is 23.5 Å². The number of rotatable bonds is 6. The van der Waals surface area contributed by atoms with Crippen molar-refractivity contribution < 1.29 is 0 Å². The summed E-state index contributed by atoms with van der Waals surface area (Å²) >= 11 is 0. The summed E-state index contributed by atoms with van der Waals surface area (Å²) in [4.78, 5) is 15.5. The third-order valence-electron chi connectivity index (χ3n) is 5.24. The fourth-order valence-electron chi connectivity index (χ4n) is 3.79. The summed E-state index contributed by atoms with van der Waals surface area (Å²) < 4.78 is 0. The van der Waals surface area contributed by atoms with Crippen LogP contribution in [-0.2, 0) is 0 Å². The first kappa shape index (κ1) is 17.6. The Balaban J connectivity index is 1.30. The van der Waals surface area contributed by atoms with Crippen LogP contribution < -0.4 is 5.32 Å². The molecule has 1 aromatic carbocycles. The monoisotopic (exact) mass is 359 g/mol. The average molecular weight is 359 g/mol. The van der Waals surface area contributed by atoms with Gasteiger partial charge in [-0.15, -0.1) is 0 Å². The summed E-state index contributed by atoms with van der Waals surface area (Å²) in [7, 11) is 0. The minimum Gasteiger partial charge on any atom is -0.353 e. The van der Waals surface area contributed by atoms with Gasteiger partial charge in [-0.25, -0.2) is 9.97 Å². The number of aryl methyl sites for hydroxylation is 1. The Morgan fingerprint density at radius 3 is 2.78 bits per heavy atom. The molecule has 0 amide bonds. The van der Waals surface area contributed by atoms with E-state index in [2.05, 4.69) is 56.4 Å². The zero-order valence-electron chi connectivity index (χ0n) is 15.7. The fourth-order valence-corrected chi connectivity index (χ4v) is 3.79. The summed E-state index contributed by atoms with van der Waals surface area (Å²) in [6.07, 6.45) is 6.60. The summed E-state index contributed by atoms with van der Waals surface area (Å²) in [6.45, 7) is 6.35. The van der Waals surface area contributed by atoms with Gasteiger partial charge in [0.2, 0.25) is 5.95 Å². The number of hydrogen-bond donors (Lipinski definition) is 1. The number of pyridine rings is 1. The minimum absolute atomic E-state index is 0.650. The molecule has 138 valence electrons. The highest BCUT2D eigenvalue weighted by Gasteiger charge is 2.24. The van der Waals surface area contributed by atoms with Crippen molar-refractivity contribution in [1.29, 1.82) is 0 Å². The first-order valence-corrected chi connectivity index (χ1v) is 9.55. The Hall–Kier alpha value is -2.79. The molecule has 0 saturated carbocycles. The quantitative estimate of drug-likeness (QED) is 0.726. The molecule has 1 aliphatic rings. The first-order valence-electron chi connectivity index (χ1n) is 9.55. The number of likely N-dealkylation sites (tertiary alicyclic amines) is 1. The summed E-state index contributed by atoms with van der Waals surface area (Å²) in [5.74, 6) is 1.33. The van der Waals surface area contributed by atoms with Crippen LogP contribution >= 0.6 is 0 Å². The third kappa shape index (κ3) is 4.31. The molecule has 3 aromatic rings. The molecule has 5 heteroatoms. The summed E-state index contributed by atoms with van der Waals surface area (Å²) in [5.41, 5.74) is 4.87. The van der Waals surface area contributed by atoms with E-state index in [0.717, 1.165) is 37.4 Å². The zero-order chi connectivity index (χ0) is 18.5.